The molecule has 1 aromatic rings. The summed E-state index contributed by atoms with van der Waals surface area (Å²) in [7, 11) is 0. The van der Waals surface area contributed by atoms with Crippen molar-refractivity contribution in [3.63, 3.8) is 0 Å². The zero-order valence-electron chi connectivity index (χ0n) is 11.5. The summed E-state index contributed by atoms with van der Waals surface area (Å²) < 4.78 is 5.90. The number of halogens is 1. The van der Waals surface area contributed by atoms with Crippen LogP contribution < -0.4 is 5.32 Å². The molecule has 2 N–H and O–H groups in total. The van der Waals surface area contributed by atoms with E-state index in [1.165, 1.54) is 12.3 Å². The Morgan fingerprint density at radius 3 is 2.86 bits per heavy atom. The first-order valence-electron chi connectivity index (χ1n) is 6.87. The molecule has 1 saturated heterocycles. The van der Waals surface area contributed by atoms with Gasteiger partial charge in [0.05, 0.1) is 9.40 Å². The number of nitrogens with one attached hydrogen (secondary N) is 1. The Morgan fingerprint density at radius 2 is 2.29 bits per heavy atom. The van der Waals surface area contributed by atoms with E-state index in [2.05, 4.69) is 26.2 Å². The van der Waals surface area contributed by atoms with E-state index in [1.54, 1.807) is 0 Å². The molecule has 1 fully saturated rings. The van der Waals surface area contributed by atoms with Gasteiger partial charge in [-0.15, -0.1) is 0 Å². The highest BCUT2D eigenvalue weighted by molar-refractivity contribution is 9.10. The third-order valence-corrected chi connectivity index (χ3v) is 4.24. The molecule has 0 radical (unpaired) electrons. The molecule has 1 atom stereocenters. The Labute approximate surface area is 131 Å². The predicted molar refractivity (Wildman–Crippen MR) is 81.2 cm³/mol. The second-order valence-electron chi connectivity index (χ2n) is 4.99. The highest BCUT2D eigenvalue weighted by Gasteiger charge is 2.25. The molecule has 0 amide bonds. The number of anilines is 1. The zero-order chi connectivity index (χ0) is 15.2. The monoisotopic (exact) mass is 359 g/mol. The maximum Gasteiger partial charge on any atom is 0.288 e. The molecule has 1 aliphatic heterocycles. The van der Waals surface area contributed by atoms with Gasteiger partial charge in [0, 0.05) is 31.9 Å². The minimum Gasteiger partial charge on any atom is -0.396 e. The molecule has 8 heteroatoms. The first-order chi connectivity index (χ1) is 10.1. The molecule has 2 rings (SSSR count). The van der Waals surface area contributed by atoms with Gasteiger partial charge in [0.15, 0.2) is 0 Å². The fourth-order valence-electron chi connectivity index (χ4n) is 2.49. The second-order valence-corrected chi connectivity index (χ2v) is 5.85. The lowest BCUT2D eigenvalue weighted by Crippen LogP contribution is -2.34. The molecule has 7 nitrogen and oxygen atoms in total. The van der Waals surface area contributed by atoms with Gasteiger partial charge in [-0.25, -0.2) is 4.98 Å². The smallest absolute Gasteiger partial charge is 0.288 e. The van der Waals surface area contributed by atoms with Gasteiger partial charge < -0.3 is 15.2 Å². The number of ether oxygens (including phenoxy) is 1. The van der Waals surface area contributed by atoms with E-state index in [4.69, 9.17) is 4.74 Å². The number of hydrogen-bond donors (Lipinski definition) is 2. The summed E-state index contributed by atoms with van der Waals surface area (Å²) in [5, 5.41) is 23.2. The van der Waals surface area contributed by atoms with Crippen LogP contribution in [0.5, 0.6) is 0 Å². The van der Waals surface area contributed by atoms with Crippen LogP contribution in [0.4, 0.5) is 11.5 Å². The van der Waals surface area contributed by atoms with Crippen LogP contribution in [-0.4, -0.2) is 40.9 Å². The molecule has 0 aliphatic carbocycles. The molecular weight excluding hydrogens is 342 g/mol. The van der Waals surface area contributed by atoms with E-state index in [0.29, 0.717) is 22.6 Å². The predicted octanol–water partition coefficient (Wildman–Crippen LogP) is 2.34. The van der Waals surface area contributed by atoms with Crippen molar-refractivity contribution in [3.8, 4) is 0 Å². The van der Waals surface area contributed by atoms with Gasteiger partial charge in [0.1, 0.15) is 12.0 Å². The lowest BCUT2D eigenvalue weighted by molar-refractivity contribution is -0.385. The van der Waals surface area contributed by atoms with Crippen molar-refractivity contribution in [2.75, 3.05) is 25.1 Å². The fraction of sp³-hybridized carbons (Fsp3) is 0.615. The third-order valence-electron chi connectivity index (χ3n) is 3.63. The van der Waals surface area contributed by atoms with Crippen molar-refractivity contribution < 1.29 is 14.8 Å². The number of hydrogen-bond acceptors (Lipinski definition) is 6. The number of nitrogens with zero attached hydrogens (tertiary/aromatic N) is 2. The Hall–Kier alpha value is -1.25. The highest BCUT2D eigenvalue weighted by atomic mass is 79.9. The Balaban J connectivity index is 2.10. The SMILES string of the molecule is O=[N+]([O-])c1cnc(NC(CCO)C2CCOCC2)c(Br)c1. The van der Waals surface area contributed by atoms with Gasteiger partial charge in [-0.3, -0.25) is 10.1 Å². The van der Waals surface area contributed by atoms with Crippen molar-refractivity contribution in [3.05, 3.63) is 26.9 Å². The molecule has 0 bridgehead atoms. The summed E-state index contributed by atoms with van der Waals surface area (Å²) in [6.07, 6.45) is 3.70. The number of aliphatic hydroxyl groups is 1. The third kappa shape index (κ3) is 4.36. The van der Waals surface area contributed by atoms with Crippen LogP contribution in [0.25, 0.3) is 0 Å². The van der Waals surface area contributed by atoms with E-state index in [1.807, 2.05) is 0 Å². The lowest BCUT2D eigenvalue weighted by Gasteiger charge is -2.31. The maximum absolute atomic E-state index is 10.7. The van der Waals surface area contributed by atoms with Crippen LogP contribution in [0, 0.1) is 16.0 Å². The maximum atomic E-state index is 10.7. The summed E-state index contributed by atoms with van der Waals surface area (Å²) in [4.78, 5) is 14.3. The summed E-state index contributed by atoms with van der Waals surface area (Å²) in [6, 6.07) is 1.50. The fourth-order valence-corrected chi connectivity index (χ4v) is 2.94. The molecule has 2 heterocycles. The number of aromatic nitrogens is 1. The van der Waals surface area contributed by atoms with Gasteiger partial charge in [-0.05, 0) is 41.1 Å². The standard InChI is InChI=1S/C13H18BrN3O4/c14-11-7-10(17(19)20)8-15-13(11)16-12(1-4-18)9-2-5-21-6-3-9/h7-9,12,18H,1-6H2,(H,15,16). The molecule has 1 aliphatic rings. The topological polar surface area (TPSA) is 97.5 Å². The average molecular weight is 360 g/mol. The summed E-state index contributed by atoms with van der Waals surface area (Å²) in [5.74, 6) is 0.959. The first kappa shape index (κ1) is 16.1. The first-order valence-corrected chi connectivity index (χ1v) is 7.66. The Kier molecular flexibility index (Phi) is 5.89. The van der Waals surface area contributed by atoms with Crippen LogP contribution >= 0.6 is 15.9 Å². The van der Waals surface area contributed by atoms with Gasteiger partial charge in [0.25, 0.3) is 5.69 Å². The van der Waals surface area contributed by atoms with Crippen LogP contribution in [0.1, 0.15) is 19.3 Å². The molecule has 0 spiro atoms. The van der Waals surface area contributed by atoms with Crippen LogP contribution in [0.2, 0.25) is 0 Å². The minimum absolute atomic E-state index is 0.0581. The highest BCUT2D eigenvalue weighted by Crippen LogP contribution is 2.28. The molecule has 1 unspecified atom stereocenters. The Morgan fingerprint density at radius 1 is 1.57 bits per heavy atom. The molecule has 21 heavy (non-hydrogen) atoms. The molecular formula is C13H18BrN3O4. The van der Waals surface area contributed by atoms with E-state index < -0.39 is 4.92 Å². The van der Waals surface area contributed by atoms with Crippen molar-refractivity contribution >= 4 is 27.4 Å². The van der Waals surface area contributed by atoms with Crippen molar-refractivity contribution in [1.29, 1.82) is 0 Å². The summed E-state index contributed by atoms with van der Waals surface area (Å²) >= 11 is 3.30. The minimum atomic E-state index is -0.481. The summed E-state index contributed by atoms with van der Waals surface area (Å²) in [5.41, 5.74) is -0.0581. The average Bonchev–Trinajstić information content (AvgIpc) is 2.49. The lowest BCUT2D eigenvalue weighted by atomic mass is 9.90. The second kappa shape index (κ2) is 7.67. The van der Waals surface area contributed by atoms with E-state index >= 15 is 0 Å². The van der Waals surface area contributed by atoms with Gasteiger partial charge in [-0.2, -0.15) is 0 Å². The number of aliphatic hydroxyl groups excluding tert-OH is 1. The van der Waals surface area contributed by atoms with E-state index in [0.717, 1.165) is 26.1 Å². The number of pyridine rings is 1. The van der Waals surface area contributed by atoms with Crippen LogP contribution in [-0.2, 0) is 4.74 Å². The molecule has 1 aromatic heterocycles. The molecule has 0 aromatic carbocycles. The largest absolute Gasteiger partial charge is 0.396 e. The van der Waals surface area contributed by atoms with Crippen LogP contribution in [0.15, 0.2) is 16.7 Å². The quantitative estimate of drug-likeness (QED) is 0.597. The Bertz CT molecular complexity index is 494. The normalized spacial score (nSPS) is 17.4. The molecule has 116 valence electrons. The van der Waals surface area contributed by atoms with Crippen molar-refractivity contribution in [2.45, 2.75) is 25.3 Å². The summed E-state index contributed by atoms with van der Waals surface area (Å²) in [6.45, 7) is 1.53. The van der Waals surface area contributed by atoms with E-state index in [-0.39, 0.29) is 18.3 Å². The number of nitro groups is 1. The van der Waals surface area contributed by atoms with Gasteiger partial charge in [-0.1, -0.05) is 0 Å². The van der Waals surface area contributed by atoms with E-state index in [9.17, 15) is 15.2 Å². The van der Waals surface area contributed by atoms with Gasteiger partial charge in [0.2, 0.25) is 0 Å². The molecule has 0 saturated carbocycles. The number of rotatable bonds is 6. The van der Waals surface area contributed by atoms with Crippen molar-refractivity contribution in [2.24, 2.45) is 5.92 Å². The van der Waals surface area contributed by atoms with Crippen molar-refractivity contribution in [1.82, 2.24) is 4.98 Å². The zero-order valence-corrected chi connectivity index (χ0v) is 13.1. The van der Waals surface area contributed by atoms with Crippen LogP contribution in [0.3, 0.4) is 0 Å². The van der Waals surface area contributed by atoms with Gasteiger partial charge >= 0.3 is 0 Å².